The lowest BCUT2D eigenvalue weighted by Gasteiger charge is -2.18. The Labute approximate surface area is 136 Å². The summed E-state index contributed by atoms with van der Waals surface area (Å²) in [5.74, 6) is -1.02. The van der Waals surface area contributed by atoms with Gasteiger partial charge in [-0.2, -0.15) is 0 Å². The molecule has 5 nitrogen and oxygen atoms in total. The fourth-order valence-corrected chi connectivity index (χ4v) is 2.94. The Morgan fingerprint density at radius 1 is 1.26 bits per heavy atom. The van der Waals surface area contributed by atoms with Gasteiger partial charge in [-0.15, -0.1) is 0 Å². The van der Waals surface area contributed by atoms with Crippen molar-refractivity contribution in [2.75, 3.05) is 13.6 Å². The first-order chi connectivity index (χ1) is 10.9. The summed E-state index contributed by atoms with van der Waals surface area (Å²) in [4.78, 5) is 25.0. The van der Waals surface area contributed by atoms with E-state index in [0.29, 0.717) is 12.2 Å². The van der Waals surface area contributed by atoms with Crippen molar-refractivity contribution in [3.63, 3.8) is 0 Å². The Kier molecular flexibility index (Phi) is 5.08. The van der Waals surface area contributed by atoms with E-state index >= 15 is 0 Å². The molecule has 0 aliphatic carbocycles. The van der Waals surface area contributed by atoms with E-state index < -0.39 is 5.97 Å². The highest BCUT2D eigenvalue weighted by Crippen LogP contribution is 2.28. The van der Waals surface area contributed by atoms with E-state index in [1.807, 2.05) is 18.4 Å². The minimum Gasteiger partial charge on any atom is -0.481 e. The topological polar surface area (TPSA) is 62.5 Å². The van der Waals surface area contributed by atoms with Gasteiger partial charge in [0.15, 0.2) is 0 Å². The molecule has 0 radical (unpaired) electrons. The average Bonchev–Trinajstić information content (AvgIpc) is 2.83. The Hall–Kier alpha value is -2.30. The van der Waals surface area contributed by atoms with Gasteiger partial charge in [0.25, 0.3) is 5.91 Å². The summed E-state index contributed by atoms with van der Waals surface area (Å²) in [7, 11) is 1.65. The number of carbonyl (C=O) groups excluding carboxylic acids is 1. The van der Waals surface area contributed by atoms with Gasteiger partial charge >= 0.3 is 5.97 Å². The van der Waals surface area contributed by atoms with Crippen LogP contribution in [0.15, 0.2) is 18.2 Å². The molecule has 0 unspecified atom stereocenters. The van der Waals surface area contributed by atoms with Crippen LogP contribution in [0.1, 0.15) is 41.9 Å². The van der Waals surface area contributed by atoms with E-state index in [9.17, 15) is 9.59 Å². The molecule has 0 saturated carbocycles. The van der Waals surface area contributed by atoms with Crippen LogP contribution >= 0.6 is 0 Å². The van der Waals surface area contributed by atoms with Crippen LogP contribution in [0.3, 0.4) is 0 Å². The molecule has 0 fully saturated rings. The predicted molar refractivity (Wildman–Crippen MR) is 90.9 cm³/mol. The van der Waals surface area contributed by atoms with E-state index in [0.717, 1.165) is 22.9 Å². The second kappa shape index (κ2) is 6.86. The van der Waals surface area contributed by atoms with Crippen LogP contribution in [0.4, 0.5) is 0 Å². The smallest absolute Gasteiger partial charge is 0.305 e. The first-order valence-electron chi connectivity index (χ1n) is 7.99. The maximum absolute atomic E-state index is 12.8. The second-order valence-corrected chi connectivity index (χ2v) is 5.79. The van der Waals surface area contributed by atoms with E-state index in [1.54, 1.807) is 7.05 Å². The summed E-state index contributed by atoms with van der Waals surface area (Å²) >= 11 is 0. The SMILES string of the molecule is CCc1ccc2c(c1)c(C)c(C(=O)N(C)CCC(=O)O)n2CC. The van der Waals surface area contributed by atoms with Gasteiger partial charge < -0.3 is 14.6 Å². The van der Waals surface area contributed by atoms with E-state index in [4.69, 9.17) is 5.11 Å². The average molecular weight is 316 g/mol. The van der Waals surface area contributed by atoms with Crippen molar-refractivity contribution in [2.45, 2.75) is 40.2 Å². The molecular weight excluding hydrogens is 292 g/mol. The number of carboxylic acids is 1. The van der Waals surface area contributed by atoms with Crippen LogP contribution < -0.4 is 0 Å². The summed E-state index contributed by atoms with van der Waals surface area (Å²) < 4.78 is 2.02. The van der Waals surface area contributed by atoms with Crippen molar-refractivity contribution in [3.8, 4) is 0 Å². The third-order valence-electron chi connectivity index (χ3n) is 4.32. The number of nitrogens with zero attached hydrogens (tertiary/aromatic N) is 2. The van der Waals surface area contributed by atoms with Gasteiger partial charge in [-0.3, -0.25) is 9.59 Å². The summed E-state index contributed by atoms with van der Waals surface area (Å²) in [6, 6.07) is 6.31. The number of fused-ring (bicyclic) bond motifs is 1. The maximum Gasteiger partial charge on any atom is 0.305 e. The van der Waals surface area contributed by atoms with Gasteiger partial charge in [-0.05, 0) is 43.5 Å². The zero-order chi connectivity index (χ0) is 17.1. The Morgan fingerprint density at radius 2 is 1.96 bits per heavy atom. The molecule has 0 spiro atoms. The number of amides is 1. The first kappa shape index (κ1) is 17.1. The molecule has 1 amide bonds. The summed E-state index contributed by atoms with van der Waals surface area (Å²) in [6.45, 7) is 6.99. The van der Waals surface area contributed by atoms with Gasteiger partial charge in [0.1, 0.15) is 5.69 Å². The molecule has 5 heteroatoms. The molecule has 0 saturated heterocycles. The Bertz CT molecular complexity index is 746. The van der Waals surface area contributed by atoms with Gasteiger partial charge in [0.2, 0.25) is 0 Å². The number of carboxylic acid groups (broad SMARTS) is 1. The van der Waals surface area contributed by atoms with Crippen molar-refractivity contribution in [1.29, 1.82) is 0 Å². The zero-order valence-electron chi connectivity index (χ0n) is 14.2. The molecule has 0 bridgehead atoms. The lowest BCUT2D eigenvalue weighted by Crippen LogP contribution is -2.31. The highest BCUT2D eigenvalue weighted by Gasteiger charge is 2.22. The summed E-state index contributed by atoms with van der Waals surface area (Å²) in [5, 5.41) is 9.90. The summed E-state index contributed by atoms with van der Waals surface area (Å²) in [6.07, 6.45) is 0.905. The number of aliphatic carboxylic acids is 1. The quantitative estimate of drug-likeness (QED) is 0.891. The van der Waals surface area contributed by atoms with Crippen LogP contribution in [-0.2, 0) is 17.8 Å². The largest absolute Gasteiger partial charge is 0.481 e. The van der Waals surface area contributed by atoms with Crippen LogP contribution in [0, 0.1) is 6.92 Å². The molecule has 0 aliphatic rings. The minimum atomic E-state index is -0.898. The summed E-state index contributed by atoms with van der Waals surface area (Å²) in [5.41, 5.74) is 3.91. The van der Waals surface area contributed by atoms with Crippen LogP contribution in [-0.4, -0.2) is 40.0 Å². The monoisotopic (exact) mass is 316 g/mol. The lowest BCUT2D eigenvalue weighted by molar-refractivity contribution is -0.137. The van der Waals surface area contributed by atoms with Gasteiger partial charge in [0, 0.05) is 31.0 Å². The maximum atomic E-state index is 12.8. The molecule has 1 N–H and O–H groups in total. The van der Waals surface area contributed by atoms with Crippen molar-refractivity contribution in [2.24, 2.45) is 0 Å². The predicted octanol–water partition coefficient (Wildman–Crippen LogP) is 3.08. The number of benzene rings is 1. The molecule has 23 heavy (non-hydrogen) atoms. The number of aryl methyl sites for hydroxylation is 3. The number of aromatic nitrogens is 1. The van der Waals surface area contributed by atoms with Crippen molar-refractivity contribution in [3.05, 3.63) is 35.0 Å². The molecule has 0 atom stereocenters. The van der Waals surface area contributed by atoms with E-state index in [1.165, 1.54) is 10.5 Å². The fourth-order valence-electron chi connectivity index (χ4n) is 2.94. The van der Waals surface area contributed by atoms with Gasteiger partial charge in [-0.1, -0.05) is 13.0 Å². The molecule has 124 valence electrons. The normalized spacial score (nSPS) is 11.0. The number of rotatable bonds is 6. The second-order valence-electron chi connectivity index (χ2n) is 5.79. The van der Waals surface area contributed by atoms with Crippen LogP contribution in [0.25, 0.3) is 10.9 Å². The Morgan fingerprint density at radius 3 is 2.52 bits per heavy atom. The minimum absolute atomic E-state index is 0.0480. The van der Waals surface area contributed by atoms with Crippen molar-refractivity contribution >= 4 is 22.8 Å². The van der Waals surface area contributed by atoms with Crippen LogP contribution in [0.5, 0.6) is 0 Å². The molecular formula is C18H24N2O3. The molecule has 2 aromatic rings. The third-order valence-corrected chi connectivity index (χ3v) is 4.32. The van der Waals surface area contributed by atoms with Gasteiger partial charge in [0.05, 0.1) is 6.42 Å². The van der Waals surface area contributed by atoms with Gasteiger partial charge in [-0.25, -0.2) is 0 Å². The van der Waals surface area contributed by atoms with Crippen molar-refractivity contribution < 1.29 is 14.7 Å². The lowest BCUT2D eigenvalue weighted by atomic mass is 10.1. The van der Waals surface area contributed by atoms with Crippen molar-refractivity contribution in [1.82, 2.24) is 9.47 Å². The van der Waals surface area contributed by atoms with Crippen LogP contribution in [0.2, 0.25) is 0 Å². The Balaban J connectivity index is 2.48. The molecule has 0 aliphatic heterocycles. The molecule has 2 rings (SSSR count). The fraction of sp³-hybridized carbons (Fsp3) is 0.444. The van der Waals surface area contributed by atoms with E-state index in [-0.39, 0.29) is 18.9 Å². The number of carbonyl (C=O) groups is 2. The third kappa shape index (κ3) is 3.23. The number of hydrogen-bond donors (Lipinski definition) is 1. The highest BCUT2D eigenvalue weighted by atomic mass is 16.4. The standard InChI is InChI=1S/C18H24N2O3/c1-5-13-7-8-15-14(11-13)12(3)17(20(15)6-2)18(23)19(4)10-9-16(21)22/h7-8,11H,5-6,9-10H2,1-4H3,(H,21,22). The molecule has 1 aromatic heterocycles. The number of hydrogen-bond acceptors (Lipinski definition) is 2. The molecule has 1 aromatic carbocycles. The first-order valence-corrected chi connectivity index (χ1v) is 7.99. The highest BCUT2D eigenvalue weighted by molar-refractivity contribution is 6.01. The zero-order valence-corrected chi connectivity index (χ0v) is 14.2. The molecule has 1 heterocycles. The van der Waals surface area contributed by atoms with E-state index in [2.05, 4.69) is 25.1 Å².